The van der Waals surface area contributed by atoms with Gasteiger partial charge in [0.05, 0.1) is 23.3 Å². The predicted octanol–water partition coefficient (Wildman–Crippen LogP) is 0.638. The molecule has 0 aliphatic rings. The molecule has 72 valence electrons. The molecule has 0 aliphatic heterocycles. The molecule has 0 spiro atoms. The lowest BCUT2D eigenvalue weighted by molar-refractivity contribution is 1.04. The highest BCUT2D eigenvalue weighted by atomic mass is 16.1. The van der Waals surface area contributed by atoms with Crippen molar-refractivity contribution in [3.05, 3.63) is 47.4 Å². The number of hydrogen-bond donors (Lipinski definition) is 0. The topological polar surface area (TPSA) is 60.2 Å². The van der Waals surface area contributed by atoms with Crippen LogP contribution < -0.4 is 5.56 Å². The van der Waals surface area contributed by atoms with Crippen LogP contribution in [0.2, 0.25) is 0 Å². The van der Waals surface area contributed by atoms with E-state index in [0.717, 1.165) is 0 Å². The van der Waals surface area contributed by atoms with Gasteiger partial charge in [0, 0.05) is 18.6 Å². The van der Waals surface area contributed by atoms with Gasteiger partial charge in [-0.2, -0.15) is 0 Å². The van der Waals surface area contributed by atoms with Crippen molar-refractivity contribution in [2.24, 2.45) is 0 Å². The van der Waals surface area contributed by atoms with E-state index >= 15 is 0 Å². The summed E-state index contributed by atoms with van der Waals surface area (Å²) in [4.78, 5) is 24.1. The molecule has 0 N–H and O–H groups in total. The van der Waals surface area contributed by atoms with E-state index in [4.69, 9.17) is 0 Å². The van der Waals surface area contributed by atoms with Gasteiger partial charge in [-0.1, -0.05) is 0 Å². The van der Waals surface area contributed by atoms with Gasteiger partial charge in [-0.25, -0.2) is 4.98 Å². The van der Waals surface area contributed by atoms with Gasteiger partial charge in [0.1, 0.15) is 0 Å². The molecule has 0 aromatic carbocycles. The fourth-order valence-electron chi connectivity index (χ4n) is 1.52. The average Bonchev–Trinajstić information content (AvgIpc) is 2.30. The third kappa shape index (κ3) is 1.10. The third-order valence-electron chi connectivity index (χ3n) is 2.22. The summed E-state index contributed by atoms with van der Waals surface area (Å²) in [5.41, 5.74) is 1.03. The fraction of sp³-hybridized carbons (Fsp3) is 0. The van der Waals surface area contributed by atoms with E-state index in [0.29, 0.717) is 16.6 Å². The summed E-state index contributed by atoms with van der Waals surface area (Å²) in [6.45, 7) is 0. The molecule has 0 amide bonds. The summed E-state index contributed by atoms with van der Waals surface area (Å²) in [5, 5.41) is 0.564. The first-order valence-electron chi connectivity index (χ1n) is 4.42. The summed E-state index contributed by atoms with van der Waals surface area (Å²) in [5.74, 6) is 0. The first kappa shape index (κ1) is 8.05. The zero-order valence-electron chi connectivity index (χ0n) is 7.66. The van der Waals surface area contributed by atoms with E-state index in [1.54, 1.807) is 37.1 Å². The Morgan fingerprint density at radius 2 is 2.00 bits per heavy atom. The molecule has 0 atom stereocenters. The van der Waals surface area contributed by atoms with Crippen LogP contribution in [0.3, 0.4) is 0 Å². The Hall–Kier alpha value is -2.30. The van der Waals surface area contributed by atoms with Crippen molar-refractivity contribution in [3.8, 4) is 0 Å². The number of pyridine rings is 1. The zero-order valence-corrected chi connectivity index (χ0v) is 7.66. The van der Waals surface area contributed by atoms with E-state index in [9.17, 15) is 4.79 Å². The van der Waals surface area contributed by atoms with E-state index in [-0.39, 0.29) is 5.56 Å². The largest absolute Gasteiger partial charge is 0.268 e. The maximum Gasteiger partial charge on any atom is 0.265 e. The lowest BCUT2D eigenvalue weighted by atomic mass is 10.3. The van der Waals surface area contributed by atoms with Crippen molar-refractivity contribution in [2.75, 3.05) is 0 Å². The highest BCUT2D eigenvalue weighted by molar-refractivity contribution is 5.78. The van der Waals surface area contributed by atoms with Crippen LogP contribution in [-0.4, -0.2) is 19.4 Å². The number of fused-ring (bicyclic) bond motifs is 2. The molecule has 0 saturated carbocycles. The number of hydrogen-bond acceptors (Lipinski definition) is 4. The zero-order chi connectivity index (χ0) is 10.3. The molecule has 5 heteroatoms. The van der Waals surface area contributed by atoms with Crippen molar-refractivity contribution in [2.45, 2.75) is 0 Å². The molecule has 0 fully saturated rings. The number of nitrogens with zero attached hydrogens (tertiary/aromatic N) is 4. The molecule has 5 nitrogen and oxygen atoms in total. The minimum atomic E-state index is -0.0974. The van der Waals surface area contributed by atoms with Gasteiger partial charge in [0.15, 0.2) is 5.65 Å². The first-order valence-corrected chi connectivity index (χ1v) is 4.42. The monoisotopic (exact) mass is 198 g/mol. The van der Waals surface area contributed by atoms with Crippen molar-refractivity contribution < 1.29 is 0 Å². The fourth-order valence-corrected chi connectivity index (χ4v) is 1.52. The lowest BCUT2D eigenvalue weighted by Gasteiger charge is -2.00. The molecular weight excluding hydrogens is 192 g/mol. The minimum absolute atomic E-state index is 0.0974. The van der Waals surface area contributed by atoms with Crippen molar-refractivity contribution in [1.82, 2.24) is 19.4 Å². The third-order valence-corrected chi connectivity index (χ3v) is 2.22. The predicted molar refractivity (Wildman–Crippen MR) is 54.6 cm³/mol. The summed E-state index contributed by atoms with van der Waals surface area (Å²) >= 11 is 0. The van der Waals surface area contributed by atoms with Crippen molar-refractivity contribution in [3.63, 3.8) is 0 Å². The Morgan fingerprint density at radius 3 is 2.93 bits per heavy atom. The summed E-state index contributed by atoms with van der Waals surface area (Å²) < 4.78 is 1.47. The van der Waals surface area contributed by atoms with Gasteiger partial charge in [0.2, 0.25) is 0 Å². The molecule has 0 saturated heterocycles. The second kappa shape index (κ2) is 2.84. The van der Waals surface area contributed by atoms with Crippen LogP contribution in [0.15, 0.2) is 41.8 Å². The Labute approximate surface area is 84.1 Å². The van der Waals surface area contributed by atoms with Crippen LogP contribution in [-0.2, 0) is 0 Å². The van der Waals surface area contributed by atoms with Crippen LogP contribution in [0, 0.1) is 0 Å². The van der Waals surface area contributed by atoms with Crippen LogP contribution in [0.5, 0.6) is 0 Å². The highest BCUT2D eigenvalue weighted by Gasteiger charge is 2.03. The molecule has 15 heavy (non-hydrogen) atoms. The highest BCUT2D eigenvalue weighted by Crippen LogP contribution is 2.05. The molecule has 0 radical (unpaired) electrons. The molecule has 3 aromatic heterocycles. The standard InChI is InChI=1S/C10H6N4O/c15-10-7-1-2-11-5-8(7)13-9-6-12-3-4-14(9)10/h1-6H. The number of aromatic nitrogens is 4. The Kier molecular flexibility index (Phi) is 1.53. The maximum atomic E-state index is 12.0. The van der Waals surface area contributed by atoms with Crippen LogP contribution >= 0.6 is 0 Å². The second-order valence-electron chi connectivity index (χ2n) is 3.11. The Balaban J connectivity index is 2.66. The van der Waals surface area contributed by atoms with E-state index in [1.165, 1.54) is 4.40 Å². The van der Waals surface area contributed by atoms with Crippen LogP contribution in [0.1, 0.15) is 0 Å². The number of rotatable bonds is 0. The van der Waals surface area contributed by atoms with Gasteiger partial charge in [-0.15, -0.1) is 0 Å². The molecule has 0 bridgehead atoms. The first-order chi connectivity index (χ1) is 7.36. The second-order valence-corrected chi connectivity index (χ2v) is 3.11. The van der Waals surface area contributed by atoms with Gasteiger partial charge in [0.25, 0.3) is 5.56 Å². The van der Waals surface area contributed by atoms with Gasteiger partial charge in [-0.3, -0.25) is 19.2 Å². The SMILES string of the molecule is O=c1c2ccncc2nc2cnccn12. The summed E-state index contributed by atoms with van der Waals surface area (Å²) in [6, 6.07) is 1.66. The minimum Gasteiger partial charge on any atom is -0.268 e. The molecule has 0 unspecified atom stereocenters. The Bertz CT molecular complexity index is 647. The van der Waals surface area contributed by atoms with Gasteiger partial charge < -0.3 is 0 Å². The maximum absolute atomic E-state index is 12.0. The molecule has 3 rings (SSSR count). The van der Waals surface area contributed by atoms with Gasteiger partial charge >= 0.3 is 0 Å². The van der Waals surface area contributed by atoms with E-state index in [2.05, 4.69) is 15.0 Å². The Morgan fingerprint density at radius 1 is 1.13 bits per heavy atom. The van der Waals surface area contributed by atoms with E-state index < -0.39 is 0 Å². The van der Waals surface area contributed by atoms with E-state index in [1.807, 2.05) is 0 Å². The summed E-state index contributed by atoms with van der Waals surface area (Å²) in [7, 11) is 0. The molecule has 0 aliphatic carbocycles. The summed E-state index contributed by atoms with van der Waals surface area (Å²) in [6.07, 6.45) is 7.87. The molecule has 3 aromatic rings. The van der Waals surface area contributed by atoms with Crippen LogP contribution in [0.25, 0.3) is 16.6 Å². The van der Waals surface area contributed by atoms with Crippen molar-refractivity contribution >= 4 is 16.6 Å². The molecular formula is C10H6N4O. The quantitative estimate of drug-likeness (QED) is 0.497. The normalized spacial score (nSPS) is 10.9. The smallest absolute Gasteiger partial charge is 0.265 e. The van der Waals surface area contributed by atoms with Crippen LogP contribution in [0.4, 0.5) is 0 Å². The average molecular weight is 198 g/mol. The van der Waals surface area contributed by atoms with Gasteiger partial charge in [-0.05, 0) is 6.07 Å². The lowest BCUT2D eigenvalue weighted by Crippen LogP contribution is -2.15. The van der Waals surface area contributed by atoms with Crippen molar-refractivity contribution in [1.29, 1.82) is 0 Å². The molecule has 3 heterocycles.